The molecule has 0 unspecified atom stereocenters. The minimum Gasteiger partial charge on any atom is -0.494 e. The molecule has 2 aromatic rings. The lowest BCUT2D eigenvalue weighted by molar-refractivity contribution is 0.102. The van der Waals surface area contributed by atoms with Gasteiger partial charge in [-0.05, 0) is 43.3 Å². The smallest absolute Gasteiger partial charge is 0.259 e. The summed E-state index contributed by atoms with van der Waals surface area (Å²) in [6, 6.07) is 12.2. The van der Waals surface area contributed by atoms with Gasteiger partial charge in [-0.3, -0.25) is 4.79 Å². The minimum atomic E-state index is -0.275. The Morgan fingerprint density at radius 2 is 1.90 bits per heavy atom. The molecule has 0 aliphatic carbocycles. The Morgan fingerprint density at radius 3 is 2.52 bits per heavy atom. The van der Waals surface area contributed by atoms with Crippen molar-refractivity contribution < 1.29 is 14.3 Å². The highest BCUT2D eigenvalue weighted by Gasteiger charge is 2.14. The number of methoxy groups -OCH3 is 1. The van der Waals surface area contributed by atoms with Gasteiger partial charge >= 0.3 is 0 Å². The number of carbonyl (C=O) groups is 1. The summed E-state index contributed by atoms with van der Waals surface area (Å²) in [6.07, 6.45) is 0. The van der Waals surface area contributed by atoms with Gasteiger partial charge in [-0.15, -0.1) is 0 Å². The van der Waals surface area contributed by atoms with Gasteiger partial charge in [0, 0.05) is 5.69 Å². The molecular formula is C16H18N2O3. The van der Waals surface area contributed by atoms with Crippen LogP contribution in [0, 0.1) is 0 Å². The van der Waals surface area contributed by atoms with E-state index < -0.39 is 0 Å². The van der Waals surface area contributed by atoms with Crippen molar-refractivity contribution in [2.75, 3.05) is 24.8 Å². The van der Waals surface area contributed by atoms with Gasteiger partial charge in [0.05, 0.1) is 25.0 Å². The Morgan fingerprint density at radius 1 is 1.19 bits per heavy atom. The number of para-hydroxylation sites is 1. The maximum absolute atomic E-state index is 12.3. The number of nitrogens with one attached hydrogen (secondary N) is 1. The molecule has 0 aliphatic rings. The molecule has 2 rings (SSSR count). The van der Waals surface area contributed by atoms with E-state index in [0.29, 0.717) is 29.3 Å². The Labute approximate surface area is 123 Å². The molecule has 21 heavy (non-hydrogen) atoms. The summed E-state index contributed by atoms with van der Waals surface area (Å²) >= 11 is 0. The Balaban J connectivity index is 2.16. The van der Waals surface area contributed by atoms with Crippen molar-refractivity contribution >= 4 is 17.3 Å². The molecule has 0 fully saturated rings. The van der Waals surface area contributed by atoms with Crippen molar-refractivity contribution in [2.24, 2.45) is 0 Å². The van der Waals surface area contributed by atoms with Crippen LogP contribution in [0.25, 0.3) is 0 Å². The van der Waals surface area contributed by atoms with Gasteiger partial charge < -0.3 is 20.5 Å². The Hall–Kier alpha value is -2.69. The molecule has 0 saturated carbocycles. The molecule has 0 saturated heterocycles. The third-order valence-corrected chi connectivity index (χ3v) is 2.92. The number of benzene rings is 2. The summed E-state index contributed by atoms with van der Waals surface area (Å²) in [7, 11) is 1.49. The van der Waals surface area contributed by atoms with Crippen molar-refractivity contribution in [3.8, 4) is 11.5 Å². The predicted molar refractivity (Wildman–Crippen MR) is 83.0 cm³/mol. The van der Waals surface area contributed by atoms with E-state index in [4.69, 9.17) is 15.2 Å². The van der Waals surface area contributed by atoms with E-state index in [9.17, 15) is 4.79 Å². The Kier molecular flexibility index (Phi) is 4.66. The molecule has 0 spiro atoms. The Bertz CT molecular complexity index is 624. The van der Waals surface area contributed by atoms with Gasteiger partial charge in [-0.1, -0.05) is 6.07 Å². The number of amides is 1. The van der Waals surface area contributed by atoms with Crippen LogP contribution >= 0.6 is 0 Å². The van der Waals surface area contributed by atoms with Crippen LogP contribution in [-0.4, -0.2) is 19.6 Å². The van der Waals surface area contributed by atoms with Crippen LogP contribution in [0.4, 0.5) is 11.4 Å². The van der Waals surface area contributed by atoms with E-state index in [2.05, 4.69) is 5.32 Å². The van der Waals surface area contributed by atoms with E-state index in [1.165, 1.54) is 7.11 Å². The number of nitrogen functional groups attached to an aromatic ring is 1. The van der Waals surface area contributed by atoms with Crippen LogP contribution < -0.4 is 20.5 Å². The highest BCUT2D eigenvalue weighted by Crippen LogP contribution is 2.26. The lowest BCUT2D eigenvalue weighted by Crippen LogP contribution is -2.13. The van der Waals surface area contributed by atoms with Crippen molar-refractivity contribution in [3.05, 3.63) is 48.0 Å². The minimum absolute atomic E-state index is 0.275. The van der Waals surface area contributed by atoms with Crippen LogP contribution in [0.1, 0.15) is 17.3 Å². The second-order valence-corrected chi connectivity index (χ2v) is 4.34. The molecular weight excluding hydrogens is 268 g/mol. The third-order valence-electron chi connectivity index (χ3n) is 2.92. The highest BCUT2D eigenvalue weighted by molar-refractivity contribution is 6.07. The molecule has 2 aromatic carbocycles. The molecule has 110 valence electrons. The van der Waals surface area contributed by atoms with Gasteiger partial charge in [0.25, 0.3) is 5.91 Å². The van der Waals surface area contributed by atoms with Gasteiger partial charge in [0.1, 0.15) is 5.75 Å². The summed E-state index contributed by atoms with van der Waals surface area (Å²) < 4.78 is 10.5. The van der Waals surface area contributed by atoms with Gasteiger partial charge in [-0.2, -0.15) is 0 Å². The van der Waals surface area contributed by atoms with Gasteiger partial charge in [-0.25, -0.2) is 0 Å². The van der Waals surface area contributed by atoms with Crippen LogP contribution in [-0.2, 0) is 0 Å². The maximum Gasteiger partial charge on any atom is 0.259 e. The number of carbonyl (C=O) groups excluding carboxylic acids is 1. The molecule has 3 N–H and O–H groups in total. The lowest BCUT2D eigenvalue weighted by atomic mass is 10.1. The molecule has 0 radical (unpaired) electrons. The average molecular weight is 286 g/mol. The largest absolute Gasteiger partial charge is 0.494 e. The summed E-state index contributed by atoms with van der Waals surface area (Å²) in [4.78, 5) is 12.3. The van der Waals surface area contributed by atoms with Crippen molar-refractivity contribution in [1.82, 2.24) is 0 Å². The molecule has 5 nitrogen and oxygen atoms in total. The molecule has 0 heterocycles. The van der Waals surface area contributed by atoms with E-state index >= 15 is 0 Å². The first-order valence-corrected chi connectivity index (χ1v) is 6.62. The van der Waals surface area contributed by atoms with E-state index in [1.54, 1.807) is 42.5 Å². The molecule has 0 atom stereocenters. The average Bonchev–Trinajstić information content (AvgIpc) is 2.49. The van der Waals surface area contributed by atoms with Crippen molar-refractivity contribution in [3.63, 3.8) is 0 Å². The summed E-state index contributed by atoms with van der Waals surface area (Å²) in [6.45, 7) is 2.52. The monoisotopic (exact) mass is 286 g/mol. The fourth-order valence-electron chi connectivity index (χ4n) is 1.96. The number of rotatable bonds is 5. The fraction of sp³-hybridized carbons (Fsp3) is 0.188. The molecule has 0 bridgehead atoms. The summed E-state index contributed by atoms with van der Waals surface area (Å²) in [5.41, 5.74) is 7.29. The number of hydrogen-bond acceptors (Lipinski definition) is 4. The van der Waals surface area contributed by atoms with E-state index in [0.717, 1.165) is 5.75 Å². The summed E-state index contributed by atoms with van der Waals surface area (Å²) in [5, 5.41) is 2.80. The normalized spacial score (nSPS) is 10.0. The quantitative estimate of drug-likeness (QED) is 0.829. The zero-order valence-corrected chi connectivity index (χ0v) is 12.1. The predicted octanol–water partition coefficient (Wildman–Crippen LogP) is 2.93. The maximum atomic E-state index is 12.3. The van der Waals surface area contributed by atoms with Crippen molar-refractivity contribution in [2.45, 2.75) is 6.92 Å². The zero-order valence-electron chi connectivity index (χ0n) is 12.1. The molecule has 0 aliphatic heterocycles. The topological polar surface area (TPSA) is 73.6 Å². The fourth-order valence-corrected chi connectivity index (χ4v) is 1.96. The second-order valence-electron chi connectivity index (χ2n) is 4.34. The number of anilines is 2. The van der Waals surface area contributed by atoms with E-state index in [-0.39, 0.29) is 5.91 Å². The number of ether oxygens (including phenoxy) is 2. The van der Waals surface area contributed by atoms with Crippen LogP contribution in [0.3, 0.4) is 0 Å². The van der Waals surface area contributed by atoms with E-state index in [1.807, 2.05) is 6.92 Å². The first kappa shape index (κ1) is 14.7. The molecule has 0 aromatic heterocycles. The molecule has 5 heteroatoms. The zero-order chi connectivity index (χ0) is 15.2. The lowest BCUT2D eigenvalue weighted by Gasteiger charge is -2.11. The highest BCUT2D eigenvalue weighted by atomic mass is 16.5. The second kappa shape index (κ2) is 6.65. The van der Waals surface area contributed by atoms with Crippen LogP contribution in [0.15, 0.2) is 42.5 Å². The van der Waals surface area contributed by atoms with Crippen molar-refractivity contribution in [1.29, 1.82) is 0 Å². The van der Waals surface area contributed by atoms with Crippen LogP contribution in [0.5, 0.6) is 11.5 Å². The standard InChI is InChI=1S/C16H18N2O3/c1-3-21-12-9-7-11(8-10-12)18-16(19)13-5-4-6-14(17)15(13)20-2/h4-10H,3,17H2,1-2H3,(H,18,19). The van der Waals surface area contributed by atoms with Gasteiger partial charge in [0.15, 0.2) is 5.75 Å². The first-order chi connectivity index (χ1) is 10.2. The molecule has 1 amide bonds. The SMILES string of the molecule is CCOc1ccc(NC(=O)c2cccc(N)c2OC)cc1. The summed E-state index contributed by atoms with van der Waals surface area (Å²) in [5.74, 6) is 0.862. The third kappa shape index (κ3) is 3.45. The number of hydrogen-bond donors (Lipinski definition) is 2. The van der Waals surface area contributed by atoms with Gasteiger partial charge in [0.2, 0.25) is 0 Å². The van der Waals surface area contributed by atoms with Crippen LogP contribution in [0.2, 0.25) is 0 Å². The number of nitrogens with two attached hydrogens (primary N) is 1. The first-order valence-electron chi connectivity index (χ1n) is 6.62.